The Kier molecular flexibility index (Phi) is 5.05. The van der Waals surface area contributed by atoms with Crippen LogP contribution in [-0.4, -0.2) is 41.6 Å². The van der Waals surface area contributed by atoms with E-state index in [1.165, 1.54) is 0 Å². The van der Waals surface area contributed by atoms with E-state index >= 15 is 0 Å². The molecule has 0 unspecified atom stereocenters. The second kappa shape index (κ2) is 7.39. The molecule has 122 valence electrons. The van der Waals surface area contributed by atoms with Crippen molar-refractivity contribution in [2.24, 2.45) is 0 Å². The first kappa shape index (κ1) is 15.7. The minimum absolute atomic E-state index is 0.0114. The van der Waals surface area contributed by atoms with Crippen LogP contribution < -0.4 is 5.32 Å². The number of rotatable bonds is 6. The van der Waals surface area contributed by atoms with Crippen LogP contribution in [-0.2, 0) is 14.3 Å². The van der Waals surface area contributed by atoms with Gasteiger partial charge in [0, 0.05) is 18.4 Å². The smallest absolute Gasteiger partial charge is 0.251 e. The number of carbonyl (C=O) groups excluding carboxylic acids is 1. The largest absolute Gasteiger partial charge is 0.376 e. The monoisotopic (exact) mass is 315 g/mol. The van der Waals surface area contributed by atoms with E-state index in [1.54, 1.807) is 4.68 Å². The molecular weight excluding hydrogens is 294 g/mol. The van der Waals surface area contributed by atoms with Gasteiger partial charge >= 0.3 is 0 Å². The highest BCUT2D eigenvalue weighted by Gasteiger charge is 2.16. The molecule has 0 spiro atoms. The zero-order chi connectivity index (χ0) is 16.1. The van der Waals surface area contributed by atoms with Gasteiger partial charge in [-0.05, 0) is 31.9 Å². The second-order valence-electron chi connectivity index (χ2n) is 5.64. The van der Waals surface area contributed by atoms with Crippen molar-refractivity contribution < 1.29 is 14.3 Å². The van der Waals surface area contributed by atoms with Crippen molar-refractivity contribution in [3.8, 4) is 5.69 Å². The van der Waals surface area contributed by atoms with Gasteiger partial charge in [-0.25, -0.2) is 4.68 Å². The third-order valence-electron chi connectivity index (χ3n) is 3.74. The molecule has 2 aromatic rings. The Bertz CT molecular complexity index is 648. The fourth-order valence-electron chi connectivity index (χ4n) is 2.52. The van der Waals surface area contributed by atoms with Gasteiger partial charge in [0.2, 0.25) is 0 Å². The number of aromatic nitrogens is 2. The number of nitrogens with zero attached hydrogens (tertiary/aromatic N) is 2. The Balaban J connectivity index is 1.53. The highest BCUT2D eigenvalue weighted by atomic mass is 16.5. The predicted molar refractivity (Wildman–Crippen MR) is 86.7 cm³/mol. The Morgan fingerprint density at radius 2 is 2.26 bits per heavy atom. The molecule has 1 amide bonds. The van der Waals surface area contributed by atoms with E-state index < -0.39 is 0 Å². The maximum atomic E-state index is 12.0. The number of ether oxygens (including phenoxy) is 2. The van der Waals surface area contributed by atoms with Crippen LogP contribution in [0.5, 0.6) is 0 Å². The van der Waals surface area contributed by atoms with Crippen LogP contribution >= 0.6 is 0 Å². The van der Waals surface area contributed by atoms with Crippen molar-refractivity contribution in [1.29, 1.82) is 0 Å². The number of benzene rings is 1. The maximum Gasteiger partial charge on any atom is 0.251 e. The lowest BCUT2D eigenvalue weighted by molar-refractivity contribution is -0.121. The molecule has 1 fully saturated rings. The molecule has 23 heavy (non-hydrogen) atoms. The molecule has 0 radical (unpaired) electrons. The molecule has 0 bridgehead atoms. The SMILES string of the molecule is Cc1cn(-c2ccccc2)nc1NC(=O)COC[C@@H]1CCCO1. The van der Waals surface area contributed by atoms with Gasteiger partial charge in [-0.1, -0.05) is 18.2 Å². The highest BCUT2D eigenvalue weighted by Crippen LogP contribution is 2.16. The summed E-state index contributed by atoms with van der Waals surface area (Å²) in [7, 11) is 0. The van der Waals surface area contributed by atoms with E-state index in [0.29, 0.717) is 12.4 Å². The van der Waals surface area contributed by atoms with Crippen molar-refractivity contribution in [2.45, 2.75) is 25.9 Å². The van der Waals surface area contributed by atoms with Gasteiger partial charge in [-0.15, -0.1) is 5.10 Å². The third kappa shape index (κ3) is 4.18. The summed E-state index contributed by atoms with van der Waals surface area (Å²) in [5.41, 5.74) is 1.85. The van der Waals surface area contributed by atoms with Gasteiger partial charge in [0.15, 0.2) is 5.82 Å². The molecule has 1 aliphatic heterocycles. The molecule has 1 aromatic carbocycles. The maximum absolute atomic E-state index is 12.0. The number of hydrogen-bond acceptors (Lipinski definition) is 4. The summed E-state index contributed by atoms with van der Waals surface area (Å²) in [6.45, 7) is 3.17. The Morgan fingerprint density at radius 1 is 1.43 bits per heavy atom. The quantitative estimate of drug-likeness (QED) is 0.888. The van der Waals surface area contributed by atoms with Crippen LogP contribution in [0, 0.1) is 6.92 Å². The average Bonchev–Trinajstić information content (AvgIpc) is 3.19. The van der Waals surface area contributed by atoms with Crippen molar-refractivity contribution >= 4 is 11.7 Å². The van der Waals surface area contributed by atoms with E-state index in [-0.39, 0.29) is 18.6 Å². The van der Waals surface area contributed by atoms with Crippen LogP contribution in [0.2, 0.25) is 0 Å². The van der Waals surface area contributed by atoms with E-state index in [9.17, 15) is 4.79 Å². The van der Waals surface area contributed by atoms with Gasteiger partial charge in [0.25, 0.3) is 5.91 Å². The second-order valence-corrected chi connectivity index (χ2v) is 5.64. The van der Waals surface area contributed by atoms with Crippen molar-refractivity contribution in [2.75, 3.05) is 25.1 Å². The highest BCUT2D eigenvalue weighted by molar-refractivity contribution is 5.91. The Labute approximate surface area is 135 Å². The summed E-state index contributed by atoms with van der Waals surface area (Å²) in [6, 6.07) is 9.77. The lowest BCUT2D eigenvalue weighted by atomic mass is 10.2. The van der Waals surface area contributed by atoms with Gasteiger partial charge in [0.1, 0.15) is 6.61 Å². The molecule has 2 heterocycles. The van der Waals surface area contributed by atoms with Gasteiger partial charge in [-0.2, -0.15) is 0 Å². The van der Waals surface area contributed by atoms with E-state index in [2.05, 4.69) is 10.4 Å². The predicted octanol–water partition coefficient (Wildman–Crippen LogP) is 2.31. The zero-order valence-electron chi connectivity index (χ0n) is 13.2. The van der Waals surface area contributed by atoms with E-state index in [1.807, 2.05) is 43.5 Å². The van der Waals surface area contributed by atoms with Crippen LogP contribution in [0.3, 0.4) is 0 Å². The Morgan fingerprint density at radius 3 is 3.00 bits per heavy atom. The van der Waals surface area contributed by atoms with Crippen molar-refractivity contribution in [3.05, 3.63) is 42.1 Å². The average molecular weight is 315 g/mol. The molecule has 1 atom stereocenters. The molecule has 0 aliphatic carbocycles. The zero-order valence-corrected chi connectivity index (χ0v) is 13.2. The molecule has 1 aromatic heterocycles. The summed E-state index contributed by atoms with van der Waals surface area (Å²) in [4.78, 5) is 12.0. The molecule has 1 saturated heterocycles. The van der Waals surface area contributed by atoms with Gasteiger partial charge in [0.05, 0.1) is 18.4 Å². The van der Waals surface area contributed by atoms with E-state index in [4.69, 9.17) is 9.47 Å². The minimum Gasteiger partial charge on any atom is -0.376 e. The molecule has 0 saturated carbocycles. The van der Waals surface area contributed by atoms with Crippen LogP contribution in [0.4, 0.5) is 5.82 Å². The summed E-state index contributed by atoms with van der Waals surface area (Å²) >= 11 is 0. The normalized spacial score (nSPS) is 17.3. The molecule has 6 heteroatoms. The van der Waals surface area contributed by atoms with Crippen molar-refractivity contribution in [3.63, 3.8) is 0 Å². The van der Waals surface area contributed by atoms with E-state index in [0.717, 1.165) is 30.7 Å². The van der Waals surface area contributed by atoms with Crippen LogP contribution in [0.15, 0.2) is 36.5 Å². The molecule has 3 rings (SSSR count). The van der Waals surface area contributed by atoms with Gasteiger partial charge in [-0.3, -0.25) is 4.79 Å². The first-order valence-electron chi connectivity index (χ1n) is 7.83. The third-order valence-corrected chi connectivity index (χ3v) is 3.74. The summed E-state index contributed by atoms with van der Waals surface area (Å²) in [5, 5.41) is 7.20. The Hall–Kier alpha value is -2.18. The topological polar surface area (TPSA) is 65.4 Å². The summed E-state index contributed by atoms with van der Waals surface area (Å²) < 4.78 is 12.6. The summed E-state index contributed by atoms with van der Waals surface area (Å²) in [5.74, 6) is 0.351. The molecular formula is C17H21N3O3. The molecule has 1 aliphatic rings. The lowest BCUT2D eigenvalue weighted by Crippen LogP contribution is -2.23. The molecule has 6 nitrogen and oxygen atoms in total. The number of carbonyl (C=O) groups is 1. The fourth-order valence-corrected chi connectivity index (χ4v) is 2.52. The number of amides is 1. The number of nitrogens with one attached hydrogen (secondary N) is 1. The standard InChI is InChI=1S/C17H21N3O3/c1-13-10-20(14-6-3-2-4-7-14)19-17(13)18-16(21)12-22-11-15-8-5-9-23-15/h2-4,6-7,10,15H,5,8-9,11-12H2,1H3,(H,18,19,21)/t15-/m0/s1. The number of para-hydroxylation sites is 1. The number of anilines is 1. The van der Waals surface area contributed by atoms with Crippen LogP contribution in [0.25, 0.3) is 5.69 Å². The fraction of sp³-hybridized carbons (Fsp3) is 0.412. The first-order chi connectivity index (χ1) is 11.2. The van der Waals surface area contributed by atoms with Crippen molar-refractivity contribution in [1.82, 2.24) is 9.78 Å². The van der Waals surface area contributed by atoms with Crippen LogP contribution in [0.1, 0.15) is 18.4 Å². The summed E-state index contributed by atoms with van der Waals surface area (Å²) in [6.07, 6.45) is 4.08. The number of hydrogen-bond donors (Lipinski definition) is 1. The lowest BCUT2D eigenvalue weighted by Gasteiger charge is -2.09. The minimum atomic E-state index is -0.204. The first-order valence-corrected chi connectivity index (χ1v) is 7.83. The van der Waals surface area contributed by atoms with Gasteiger partial charge < -0.3 is 14.8 Å². The molecule has 1 N–H and O–H groups in total. The number of aryl methyl sites for hydroxylation is 1.